The third-order valence-electron chi connectivity index (χ3n) is 5.55. The van der Waals surface area contributed by atoms with E-state index in [1.807, 2.05) is 13.0 Å². The van der Waals surface area contributed by atoms with Gasteiger partial charge in [0.2, 0.25) is 5.75 Å². The highest BCUT2D eigenvalue weighted by Gasteiger charge is 2.37. The van der Waals surface area contributed by atoms with Gasteiger partial charge in [0.05, 0.1) is 6.04 Å². The maximum atomic E-state index is 13.1. The molecule has 0 bridgehead atoms. The van der Waals surface area contributed by atoms with Crippen molar-refractivity contribution in [1.29, 1.82) is 0 Å². The van der Waals surface area contributed by atoms with E-state index in [-0.39, 0.29) is 24.2 Å². The van der Waals surface area contributed by atoms with Crippen molar-refractivity contribution in [2.45, 2.75) is 25.9 Å². The highest BCUT2D eigenvalue weighted by atomic mass is 19.1. The van der Waals surface area contributed by atoms with E-state index in [0.29, 0.717) is 24.1 Å². The van der Waals surface area contributed by atoms with Crippen molar-refractivity contribution < 1.29 is 24.2 Å². The number of benzene rings is 2. The summed E-state index contributed by atoms with van der Waals surface area (Å²) < 4.78 is 13.1. The summed E-state index contributed by atoms with van der Waals surface area (Å²) in [5.74, 6) is -2.59. The number of carbonyl (C=O) groups is 2. The van der Waals surface area contributed by atoms with Crippen LogP contribution < -0.4 is 5.32 Å². The van der Waals surface area contributed by atoms with Crippen LogP contribution in [0.5, 0.6) is 11.6 Å². The van der Waals surface area contributed by atoms with Crippen molar-refractivity contribution in [3.8, 4) is 11.6 Å². The van der Waals surface area contributed by atoms with Crippen molar-refractivity contribution in [2.75, 3.05) is 6.54 Å². The van der Waals surface area contributed by atoms with E-state index in [1.165, 1.54) is 24.3 Å². The maximum absolute atomic E-state index is 13.1. The summed E-state index contributed by atoms with van der Waals surface area (Å²) in [4.78, 5) is 35.6. The molecule has 170 valence electrons. The summed E-state index contributed by atoms with van der Waals surface area (Å²) >= 11 is 0. The normalized spacial score (nSPS) is 17.7. The lowest BCUT2D eigenvalue weighted by molar-refractivity contribution is 0.0725. The first-order chi connectivity index (χ1) is 15.8. The SMILES string of the molecule is CC1CC(c2nc(O)c(O)c(C(=O)NCc3ccc(F)cc3)n2)N(C(=O)c2ccccc2)C1. The van der Waals surface area contributed by atoms with Gasteiger partial charge in [0, 0.05) is 18.7 Å². The summed E-state index contributed by atoms with van der Waals surface area (Å²) in [7, 11) is 0. The van der Waals surface area contributed by atoms with Gasteiger partial charge in [-0.3, -0.25) is 9.59 Å². The van der Waals surface area contributed by atoms with Crippen LogP contribution in [0.25, 0.3) is 0 Å². The van der Waals surface area contributed by atoms with E-state index < -0.39 is 35.1 Å². The molecule has 2 amide bonds. The van der Waals surface area contributed by atoms with Gasteiger partial charge in [-0.05, 0) is 42.2 Å². The lowest BCUT2D eigenvalue weighted by atomic mass is 10.1. The second kappa shape index (κ2) is 9.23. The Hall–Kier alpha value is -4.01. The minimum atomic E-state index is -0.748. The zero-order valence-electron chi connectivity index (χ0n) is 17.9. The number of halogens is 1. The van der Waals surface area contributed by atoms with Crippen LogP contribution >= 0.6 is 0 Å². The summed E-state index contributed by atoms with van der Waals surface area (Å²) in [6.45, 7) is 2.52. The van der Waals surface area contributed by atoms with Gasteiger partial charge in [-0.15, -0.1) is 0 Å². The smallest absolute Gasteiger partial charge is 0.274 e. The van der Waals surface area contributed by atoms with Crippen molar-refractivity contribution in [3.63, 3.8) is 0 Å². The number of hydrogen-bond acceptors (Lipinski definition) is 6. The molecular weight excluding hydrogens is 427 g/mol. The molecular formula is C24H23FN4O4. The molecule has 0 aliphatic carbocycles. The fourth-order valence-corrected chi connectivity index (χ4v) is 3.90. The van der Waals surface area contributed by atoms with Gasteiger partial charge in [-0.2, -0.15) is 4.98 Å². The molecule has 0 saturated carbocycles. The summed E-state index contributed by atoms with van der Waals surface area (Å²) in [5, 5.41) is 23.0. The van der Waals surface area contributed by atoms with E-state index in [9.17, 15) is 24.2 Å². The van der Waals surface area contributed by atoms with Gasteiger partial charge in [-0.1, -0.05) is 37.3 Å². The fourth-order valence-electron chi connectivity index (χ4n) is 3.90. The lowest BCUT2D eigenvalue weighted by Gasteiger charge is -2.24. The third-order valence-corrected chi connectivity index (χ3v) is 5.55. The molecule has 2 unspecified atom stereocenters. The predicted molar refractivity (Wildman–Crippen MR) is 117 cm³/mol. The molecule has 1 aromatic heterocycles. The van der Waals surface area contributed by atoms with Gasteiger partial charge in [-0.25, -0.2) is 9.37 Å². The van der Waals surface area contributed by atoms with Crippen LogP contribution in [0.4, 0.5) is 4.39 Å². The number of likely N-dealkylation sites (tertiary alicyclic amines) is 1. The lowest BCUT2D eigenvalue weighted by Crippen LogP contribution is -2.32. The monoisotopic (exact) mass is 450 g/mol. The van der Waals surface area contributed by atoms with Crippen LogP contribution in [0.2, 0.25) is 0 Å². The highest BCUT2D eigenvalue weighted by Crippen LogP contribution is 2.37. The van der Waals surface area contributed by atoms with Crippen molar-refractivity contribution in [1.82, 2.24) is 20.2 Å². The summed E-state index contributed by atoms with van der Waals surface area (Å²) in [5.41, 5.74) is 0.759. The van der Waals surface area contributed by atoms with Crippen LogP contribution in [0.1, 0.15) is 51.6 Å². The first kappa shape index (κ1) is 22.2. The Kier molecular flexibility index (Phi) is 6.21. The minimum absolute atomic E-state index is 0.0672. The van der Waals surface area contributed by atoms with Gasteiger partial charge < -0.3 is 20.4 Å². The number of aromatic hydroxyl groups is 2. The second-order valence-electron chi connectivity index (χ2n) is 8.09. The molecule has 3 aromatic rings. The number of nitrogens with one attached hydrogen (secondary N) is 1. The number of aromatic nitrogens is 2. The first-order valence-corrected chi connectivity index (χ1v) is 10.5. The van der Waals surface area contributed by atoms with E-state index in [2.05, 4.69) is 15.3 Å². The molecule has 1 aliphatic rings. The highest BCUT2D eigenvalue weighted by molar-refractivity contribution is 5.96. The molecule has 9 heteroatoms. The zero-order chi connectivity index (χ0) is 23.5. The Labute approximate surface area is 189 Å². The van der Waals surface area contributed by atoms with E-state index in [0.717, 1.165) is 0 Å². The number of rotatable bonds is 5. The predicted octanol–water partition coefficient (Wildman–Crippen LogP) is 3.18. The first-order valence-electron chi connectivity index (χ1n) is 10.5. The summed E-state index contributed by atoms with van der Waals surface area (Å²) in [6, 6.07) is 13.8. The van der Waals surface area contributed by atoms with Crippen LogP contribution in [0.15, 0.2) is 54.6 Å². The van der Waals surface area contributed by atoms with Crippen molar-refractivity contribution >= 4 is 11.8 Å². The third kappa shape index (κ3) is 4.77. The van der Waals surface area contributed by atoms with Gasteiger partial charge in [0.15, 0.2) is 11.5 Å². The van der Waals surface area contributed by atoms with E-state index >= 15 is 0 Å². The van der Waals surface area contributed by atoms with Crippen LogP contribution in [0.3, 0.4) is 0 Å². The average molecular weight is 450 g/mol. The topological polar surface area (TPSA) is 116 Å². The van der Waals surface area contributed by atoms with E-state index in [4.69, 9.17) is 0 Å². The standard InChI is InChI=1S/C24H23FN4O4/c1-14-11-18(29(13-14)24(33)16-5-3-2-4-6-16)21-27-19(20(30)23(32)28-21)22(31)26-12-15-7-9-17(25)10-8-15/h2-10,14,18,30H,11-13H2,1H3,(H,26,31)(H,27,28,32). The van der Waals surface area contributed by atoms with Gasteiger partial charge in [0.1, 0.15) is 5.82 Å². The molecule has 2 atom stereocenters. The van der Waals surface area contributed by atoms with Crippen molar-refractivity contribution in [3.05, 3.63) is 83.1 Å². The van der Waals surface area contributed by atoms with Crippen LogP contribution in [-0.2, 0) is 6.54 Å². The molecule has 2 aromatic carbocycles. The number of nitrogens with zero attached hydrogens (tertiary/aromatic N) is 3. The molecule has 1 aliphatic heterocycles. The Morgan fingerprint density at radius 2 is 1.79 bits per heavy atom. The molecule has 0 spiro atoms. The molecule has 0 radical (unpaired) electrons. The summed E-state index contributed by atoms with van der Waals surface area (Å²) in [6.07, 6.45) is 0.541. The molecule has 1 fully saturated rings. The molecule has 3 N–H and O–H groups in total. The fraction of sp³-hybridized carbons (Fsp3) is 0.250. The number of carbonyl (C=O) groups excluding carboxylic acids is 2. The second-order valence-corrected chi connectivity index (χ2v) is 8.09. The molecule has 8 nitrogen and oxygen atoms in total. The molecule has 33 heavy (non-hydrogen) atoms. The van der Waals surface area contributed by atoms with Crippen LogP contribution in [0, 0.1) is 11.7 Å². The Balaban J connectivity index is 1.59. The minimum Gasteiger partial charge on any atom is -0.501 e. The van der Waals surface area contributed by atoms with Crippen LogP contribution in [-0.4, -0.2) is 43.4 Å². The molecule has 2 heterocycles. The average Bonchev–Trinajstić information content (AvgIpc) is 3.21. The van der Waals surface area contributed by atoms with Gasteiger partial charge >= 0.3 is 0 Å². The quantitative estimate of drug-likeness (QED) is 0.550. The van der Waals surface area contributed by atoms with E-state index in [1.54, 1.807) is 29.2 Å². The zero-order valence-corrected chi connectivity index (χ0v) is 17.9. The maximum Gasteiger partial charge on any atom is 0.274 e. The van der Waals surface area contributed by atoms with Crippen molar-refractivity contribution in [2.24, 2.45) is 5.92 Å². The Bertz CT molecular complexity index is 1170. The largest absolute Gasteiger partial charge is 0.501 e. The number of amides is 2. The Morgan fingerprint density at radius 1 is 1.09 bits per heavy atom. The Morgan fingerprint density at radius 3 is 2.48 bits per heavy atom. The molecule has 4 rings (SSSR count). The molecule has 1 saturated heterocycles. The van der Waals surface area contributed by atoms with Gasteiger partial charge in [0.25, 0.3) is 17.7 Å². The number of hydrogen-bond donors (Lipinski definition) is 3.